The van der Waals surface area contributed by atoms with Crippen molar-refractivity contribution in [1.82, 2.24) is 0 Å². The van der Waals surface area contributed by atoms with Gasteiger partial charge in [-0.1, -0.05) is 206 Å². The van der Waals surface area contributed by atoms with Crippen LogP contribution in [0.5, 0.6) is 0 Å². The molecule has 0 unspecified atom stereocenters. The molecular formula is C80H82BN3O. The molecule has 4 aliphatic rings. The van der Waals surface area contributed by atoms with Crippen molar-refractivity contribution in [2.45, 2.75) is 155 Å². The molecule has 0 fully saturated rings. The molecule has 1 aromatic heterocycles. The van der Waals surface area contributed by atoms with E-state index in [1.165, 1.54) is 77.7 Å². The van der Waals surface area contributed by atoms with E-state index in [0.29, 0.717) is 0 Å². The number of benzene rings is 9. The highest BCUT2D eigenvalue weighted by atomic mass is 16.4. The van der Waals surface area contributed by atoms with Crippen molar-refractivity contribution < 1.29 is 4.42 Å². The van der Waals surface area contributed by atoms with Crippen molar-refractivity contribution in [2.75, 3.05) is 14.7 Å². The Balaban J connectivity index is 1.15. The lowest BCUT2D eigenvalue weighted by molar-refractivity contribution is 0.332. The minimum atomic E-state index is -0.235. The quantitative estimate of drug-likeness (QED) is 0.148. The zero-order chi connectivity index (χ0) is 59.3. The molecule has 426 valence electrons. The molecule has 2 aliphatic heterocycles. The molecular weight excluding hydrogens is 1030 g/mol. The summed E-state index contributed by atoms with van der Waals surface area (Å²) in [6.07, 6.45) is 4.49. The van der Waals surface area contributed by atoms with E-state index >= 15 is 0 Å². The molecule has 0 spiro atoms. The maximum atomic E-state index is 7.86. The molecule has 85 heavy (non-hydrogen) atoms. The Bertz CT molecular complexity index is 4230. The van der Waals surface area contributed by atoms with Gasteiger partial charge >= 0.3 is 0 Å². The highest BCUT2D eigenvalue weighted by molar-refractivity contribution is 7.01. The normalized spacial score (nSPS) is 16.9. The average Bonchev–Trinajstić information content (AvgIpc) is 1.79. The third-order valence-corrected chi connectivity index (χ3v) is 20.3. The molecule has 0 N–H and O–H groups in total. The number of rotatable bonds is 7. The predicted molar refractivity (Wildman–Crippen MR) is 364 cm³/mol. The molecule has 14 rings (SSSR count). The smallest absolute Gasteiger partial charge is 0.257 e. The van der Waals surface area contributed by atoms with E-state index < -0.39 is 0 Å². The van der Waals surface area contributed by atoms with Gasteiger partial charge in [0.1, 0.15) is 5.58 Å². The van der Waals surface area contributed by atoms with Gasteiger partial charge in [0.15, 0.2) is 0 Å². The average molecular weight is 1110 g/mol. The molecule has 9 aromatic carbocycles. The molecule has 10 aromatic rings. The third kappa shape index (κ3) is 8.92. The van der Waals surface area contributed by atoms with Gasteiger partial charge in [-0.2, -0.15) is 0 Å². The zero-order valence-corrected chi connectivity index (χ0v) is 52.6. The van der Waals surface area contributed by atoms with Crippen LogP contribution in [0.3, 0.4) is 0 Å². The monoisotopic (exact) mass is 1110 g/mol. The fourth-order valence-electron chi connectivity index (χ4n) is 14.9. The Morgan fingerprint density at radius 1 is 0.388 bits per heavy atom. The molecule has 2 aliphatic carbocycles. The Hall–Kier alpha value is -8.02. The van der Waals surface area contributed by atoms with Gasteiger partial charge in [-0.25, -0.2) is 0 Å². The fraction of sp³-hybridized carbons (Fsp3) is 0.300. The summed E-state index contributed by atoms with van der Waals surface area (Å²) in [6, 6.07) is 73.9. The van der Waals surface area contributed by atoms with Gasteiger partial charge < -0.3 is 14.2 Å². The second-order valence-corrected chi connectivity index (χ2v) is 29.9. The molecule has 0 saturated heterocycles. The maximum absolute atomic E-state index is 7.86. The van der Waals surface area contributed by atoms with Gasteiger partial charge in [0.05, 0.1) is 11.4 Å². The number of furan rings is 1. The summed E-state index contributed by atoms with van der Waals surface area (Å²) in [5.41, 5.74) is 26.6. The maximum Gasteiger partial charge on any atom is 0.257 e. The fourth-order valence-corrected chi connectivity index (χ4v) is 14.9. The zero-order valence-electron chi connectivity index (χ0n) is 52.6. The standard InChI is InChI=1S/C80H82BN3O/c1-75(2,3)53-35-37-67(58(43-53)51-27-19-15-20-28-51)84-70-45-54(76(4,5)6)44-69-73(70)81(72-60-47-61-64(50-71(60)85-74(72)84)80(13,14)42-39-77(61,7)8)65-48-62-63(79(11,12)41-40-78(62,9)10)49-68(65)83(69)66-38-36-57(46-59(66)52-29-21-16-22-30-52)82(55-31-23-17-24-32-55)56-33-25-18-26-34-56/h15-38,43-50H,39-42H2,1-14H3. The summed E-state index contributed by atoms with van der Waals surface area (Å²) < 4.78 is 7.86. The number of nitrogens with zero attached hydrogens (tertiary/aromatic N) is 3. The van der Waals surface area contributed by atoms with Crippen molar-refractivity contribution in [1.29, 1.82) is 0 Å². The Labute approximate surface area is 506 Å². The summed E-state index contributed by atoms with van der Waals surface area (Å²) >= 11 is 0. The Morgan fingerprint density at radius 2 is 0.835 bits per heavy atom. The molecule has 0 saturated carbocycles. The molecule has 0 atom stereocenters. The van der Waals surface area contributed by atoms with Crippen LogP contribution >= 0.6 is 0 Å². The van der Waals surface area contributed by atoms with E-state index in [1.54, 1.807) is 0 Å². The van der Waals surface area contributed by atoms with Crippen LogP contribution in [0.2, 0.25) is 0 Å². The highest BCUT2D eigenvalue weighted by Gasteiger charge is 2.50. The van der Waals surface area contributed by atoms with E-state index in [4.69, 9.17) is 4.42 Å². The van der Waals surface area contributed by atoms with Crippen molar-refractivity contribution in [3.8, 4) is 22.3 Å². The van der Waals surface area contributed by atoms with E-state index in [2.05, 4.69) is 306 Å². The summed E-state index contributed by atoms with van der Waals surface area (Å²) in [6.45, 7) is 33.7. The van der Waals surface area contributed by atoms with Crippen LogP contribution in [0, 0.1) is 0 Å². The SMILES string of the molecule is CC(C)(C)c1ccc(N2c3cc(C(C)(C)C)cc4c3B(c3cc5c(cc3N4c3ccc(N(c4ccccc4)c4ccccc4)cc3-c3ccccc3)C(C)(C)CCC5(C)C)c3c2oc2cc4c(cc32)C(C)(C)CCC4(C)C)c(-c2ccccc2)c1. The van der Waals surface area contributed by atoms with E-state index in [0.717, 1.165) is 82.4 Å². The molecule has 0 bridgehead atoms. The minimum absolute atomic E-state index is 0.00629. The van der Waals surface area contributed by atoms with E-state index in [-0.39, 0.29) is 39.2 Å². The van der Waals surface area contributed by atoms with Gasteiger partial charge in [-0.3, -0.25) is 4.90 Å². The lowest BCUT2D eigenvalue weighted by Crippen LogP contribution is -2.61. The van der Waals surface area contributed by atoms with Crippen LogP contribution in [0.1, 0.15) is 156 Å². The first kappa shape index (κ1) is 54.9. The topological polar surface area (TPSA) is 22.9 Å². The lowest BCUT2D eigenvalue weighted by Gasteiger charge is -2.47. The third-order valence-electron chi connectivity index (χ3n) is 20.3. The van der Waals surface area contributed by atoms with Crippen molar-refractivity contribution in [3.63, 3.8) is 0 Å². The number of fused-ring (bicyclic) bond motifs is 8. The first-order valence-corrected chi connectivity index (χ1v) is 31.3. The van der Waals surface area contributed by atoms with Crippen LogP contribution in [0.15, 0.2) is 199 Å². The van der Waals surface area contributed by atoms with Crippen molar-refractivity contribution in [3.05, 3.63) is 228 Å². The summed E-state index contributed by atoms with van der Waals surface area (Å²) in [5.74, 6) is 0.913. The van der Waals surface area contributed by atoms with Crippen LogP contribution in [-0.2, 0) is 32.5 Å². The van der Waals surface area contributed by atoms with Crippen LogP contribution in [0.25, 0.3) is 33.2 Å². The number of para-hydroxylation sites is 2. The van der Waals surface area contributed by atoms with Gasteiger partial charge in [-0.05, 0) is 199 Å². The number of hydrogen-bond acceptors (Lipinski definition) is 4. The van der Waals surface area contributed by atoms with Crippen LogP contribution in [0.4, 0.5) is 51.4 Å². The number of anilines is 9. The second kappa shape index (κ2) is 19.2. The Morgan fingerprint density at radius 3 is 1.36 bits per heavy atom. The second-order valence-electron chi connectivity index (χ2n) is 29.9. The molecule has 5 heteroatoms. The first-order chi connectivity index (χ1) is 40.4. The summed E-state index contributed by atoms with van der Waals surface area (Å²) in [7, 11) is 0. The molecule has 3 heterocycles. The molecule has 0 radical (unpaired) electrons. The van der Waals surface area contributed by atoms with Crippen molar-refractivity contribution in [2.24, 2.45) is 0 Å². The van der Waals surface area contributed by atoms with Gasteiger partial charge in [0.25, 0.3) is 6.71 Å². The minimum Gasteiger partial charge on any atom is -0.440 e. The highest BCUT2D eigenvalue weighted by Crippen LogP contribution is 2.56. The van der Waals surface area contributed by atoms with Crippen LogP contribution < -0.4 is 31.1 Å². The summed E-state index contributed by atoms with van der Waals surface area (Å²) in [4.78, 5) is 7.68. The van der Waals surface area contributed by atoms with E-state index in [9.17, 15) is 0 Å². The van der Waals surface area contributed by atoms with Crippen molar-refractivity contribution >= 4 is 85.5 Å². The molecule has 4 nitrogen and oxygen atoms in total. The predicted octanol–water partition coefficient (Wildman–Crippen LogP) is 20.6. The largest absolute Gasteiger partial charge is 0.440 e. The van der Waals surface area contributed by atoms with Gasteiger partial charge in [0, 0.05) is 56.1 Å². The lowest BCUT2D eigenvalue weighted by atomic mass is 9.33. The number of hydrogen-bond donors (Lipinski definition) is 0. The van der Waals surface area contributed by atoms with Gasteiger partial charge in [0.2, 0.25) is 5.88 Å². The first-order valence-electron chi connectivity index (χ1n) is 31.3. The summed E-state index contributed by atoms with van der Waals surface area (Å²) in [5, 5.41) is 1.21. The molecule has 0 amide bonds. The van der Waals surface area contributed by atoms with Gasteiger partial charge in [-0.15, -0.1) is 0 Å². The Kier molecular flexibility index (Phi) is 12.4. The van der Waals surface area contributed by atoms with Crippen LogP contribution in [-0.4, -0.2) is 6.71 Å². The van der Waals surface area contributed by atoms with E-state index in [1.807, 2.05) is 0 Å².